The van der Waals surface area contributed by atoms with Gasteiger partial charge in [0, 0.05) is 5.57 Å². The predicted octanol–water partition coefficient (Wildman–Crippen LogP) is 0.766. The van der Waals surface area contributed by atoms with E-state index in [1.54, 1.807) is 6.92 Å². The van der Waals surface area contributed by atoms with E-state index in [4.69, 9.17) is 5.11 Å². The molecule has 4 nitrogen and oxygen atoms in total. The lowest BCUT2D eigenvalue weighted by molar-refractivity contribution is -0.334. The number of aliphatic hydroxyl groups is 1. The van der Waals surface area contributed by atoms with Gasteiger partial charge >= 0.3 is 5.97 Å². The van der Waals surface area contributed by atoms with Crippen LogP contribution in [0.5, 0.6) is 0 Å². The van der Waals surface area contributed by atoms with Gasteiger partial charge in [-0.3, -0.25) is 4.89 Å². The van der Waals surface area contributed by atoms with E-state index in [-0.39, 0.29) is 0 Å². The average Bonchev–Trinajstić information content (AvgIpc) is 1.98. The Labute approximate surface area is 65.4 Å². The summed E-state index contributed by atoms with van der Waals surface area (Å²) in [6, 6.07) is 0. The molecule has 0 aliphatic carbocycles. The molecule has 0 saturated carbocycles. The number of hydrogen-bond acceptors (Lipinski definition) is 4. The van der Waals surface area contributed by atoms with E-state index in [0.29, 0.717) is 12.0 Å². The van der Waals surface area contributed by atoms with Gasteiger partial charge in [-0.25, -0.2) is 4.79 Å². The first-order valence-electron chi connectivity index (χ1n) is 3.31. The highest BCUT2D eigenvalue weighted by molar-refractivity contribution is 5.87. The second-order valence-electron chi connectivity index (χ2n) is 2.02. The molecule has 1 atom stereocenters. The van der Waals surface area contributed by atoms with Crippen LogP contribution in [0.3, 0.4) is 0 Å². The fourth-order valence-electron chi connectivity index (χ4n) is 0.317. The van der Waals surface area contributed by atoms with Crippen molar-refractivity contribution in [2.45, 2.75) is 26.6 Å². The minimum Gasteiger partial charge on any atom is -0.365 e. The molecule has 0 saturated heterocycles. The van der Waals surface area contributed by atoms with Gasteiger partial charge < -0.3 is 5.11 Å². The summed E-state index contributed by atoms with van der Waals surface area (Å²) < 4.78 is 0. The summed E-state index contributed by atoms with van der Waals surface area (Å²) in [7, 11) is 0. The Hall–Kier alpha value is -0.870. The Kier molecular flexibility index (Phi) is 4.49. The summed E-state index contributed by atoms with van der Waals surface area (Å²) in [6.45, 7) is 6.52. The van der Waals surface area contributed by atoms with Gasteiger partial charge in [0.25, 0.3) is 0 Å². The lowest BCUT2D eigenvalue weighted by atomic mass is 10.2. The first-order valence-corrected chi connectivity index (χ1v) is 3.31. The number of rotatable bonds is 4. The van der Waals surface area contributed by atoms with Crippen LogP contribution < -0.4 is 0 Å². The molecule has 0 aliphatic rings. The summed E-state index contributed by atoms with van der Waals surface area (Å²) >= 11 is 0. The van der Waals surface area contributed by atoms with Crippen LogP contribution in [0.25, 0.3) is 0 Å². The molecular weight excluding hydrogens is 148 g/mol. The molecule has 0 aliphatic heterocycles. The summed E-state index contributed by atoms with van der Waals surface area (Å²) in [5.74, 6) is -0.645. The molecule has 11 heavy (non-hydrogen) atoms. The fourth-order valence-corrected chi connectivity index (χ4v) is 0.317. The van der Waals surface area contributed by atoms with E-state index in [1.807, 2.05) is 0 Å². The van der Waals surface area contributed by atoms with Crippen molar-refractivity contribution in [1.29, 1.82) is 0 Å². The van der Waals surface area contributed by atoms with Gasteiger partial charge in [0.15, 0.2) is 6.29 Å². The van der Waals surface area contributed by atoms with Crippen LogP contribution in [0.15, 0.2) is 12.2 Å². The van der Waals surface area contributed by atoms with Crippen LogP contribution in [-0.4, -0.2) is 17.4 Å². The van der Waals surface area contributed by atoms with E-state index in [9.17, 15) is 4.79 Å². The minimum atomic E-state index is -1.11. The van der Waals surface area contributed by atoms with Gasteiger partial charge in [-0.05, 0) is 13.3 Å². The van der Waals surface area contributed by atoms with Crippen molar-refractivity contribution in [3.8, 4) is 0 Å². The zero-order valence-electron chi connectivity index (χ0n) is 6.66. The van der Waals surface area contributed by atoms with E-state index in [1.165, 1.54) is 6.92 Å². The summed E-state index contributed by atoms with van der Waals surface area (Å²) in [5.41, 5.74) is 0.311. The fraction of sp³-hybridized carbons (Fsp3) is 0.571. The zero-order valence-corrected chi connectivity index (χ0v) is 6.66. The molecule has 0 spiro atoms. The normalized spacial score (nSPS) is 12.3. The Morgan fingerprint density at radius 2 is 2.27 bits per heavy atom. The van der Waals surface area contributed by atoms with Crippen molar-refractivity contribution >= 4 is 5.97 Å². The van der Waals surface area contributed by atoms with Crippen LogP contribution in [0.1, 0.15) is 20.3 Å². The Morgan fingerprint density at radius 1 is 1.73 bits per heavy atom. The van der Waals surface area contributed by atoms with Crippen LogP contribution in [0.2, 0.25) is 0 Å². The zero-order chi connectivity index (χ0) is 8.85. The molecule has 0 aromatic heterocycles. The average molecular weight is 160 g/mol. The highest BCUT2D eigenvalue weighted by Gasteiger charge is 2.08. The standard InChI is InChI=1S/C7H12O4/c1-4-5(2)7(9)11-10-6(3)8/h6,8H,2,4H2,1,3H3. The lowest BCUT2D eigenvalue weighted by Gasteiger charge is -2.04. The van der Waals surface area contributed by atoms with Gasteiger partial charge in [-0.15, -0.1) is 0 Å². The number of carbonyl (C=O) groups excluding carboxylic acids is 1. The number of carbonyl (C=O) groups is 1. The number of aliphatic hydroxyl groups excluding tert-OH is 1. The third kappa shape index (κ3) is 4.52. The summed E-state index contributed by atoms with van der Waals surface area (Å²) in [5, 5.41) is 8.53. The monoisotopic (exact) mass is 160 g/mol. The molecule has 0 aromatic rings. The Bertz CT molecular complexity index is 151. The molecular formula is C7H12O4. The van der Waals surface area contributed by atoms with Crippen molar-refractivity contribution in [2.24, 2.45) is 0 Å². The molecule has 0 rings (SSSR count). The summed E-state index contributed by atoms with van der Waals surface area (Å²) in [6.07, 6.45) is -0.606. The second-order valence-corrected chi connectivity index (χ2v) is 2.02. The van der Waals surface area contributed by atoms with E-state index in [2.05, 4.69) is 16.4 Å². The van der Waals surface area contributed by atoms with Crippen molar-refractivity contribution in [1.82, 2.24) is 0 Å². The summed E-state index contributed by atoms with van der Waals surface area (Å²) in [4.78, 5) is 19.1. The quantitative estimate of drug-likeness (QED) is 0.285. The molecule has 0 fully saturated rings. The smallest absolute Gasteiger partial charge is 0.365 e. The predicted molar refractivity (Wildman–Crippen MR) is 38.3 cm³/mol. The molecule has 0 radical (unpaired) electrons. The van der Waals surface area contributed by atoms with Gasteiger partial charge in [0.05, 0.1) is 0 Å². The van der Waals surface area contributed by atoms with E-state index in [0.717, 1.165) is 0 Å². The molecule has 0 aromatic carbocycles. The minimum absolute atomic E-state index is 0.311. The molecule has 1 N–H and O–H groups in total. The van der Waals surface area contributed by atoms with Crippen molar-refractivity contribution in [3.63, 3.8) is 0 Å². The van der Waals surface area contributed by atoms with Crippen molar-refractivity contribution in [3.05, 3.63) is 12.2 Å². The lowest BCUT2D eigenvalue weighted by Crippen LogP contribution is -2.13. The van der Waals surface area contributed by atoms with E-state index >= 15 is 0 Å². The maximum absolute atomic E-state index is 10.7. The molecule has 64 valence electrons. The van der Waals surface area contributed by atoms with E-state index < -0.39 is 12.3 Å². The maximum atomic E-state index is 10.7. The van der Waals surface area contributed by atoms with Gasteiger partial charge in [-0.1, -0.05) is 13.5 Å². The molecule has 0 amide bonds. The van der Waals surface area contributed by atoms with Crippen LogP contribution in [0.4, 0.5) is 0 Å². The second kappa shape index (κ2) is 4.87. The molecule has 0 heterocycles. The van der Waals surface area contributed by atoms with Crippen molar-refractivity contribution in [2.75, 3.05) is 0 Å². The van der Waals surface area contributed by atoms with Crippen molar-refractivity contribution < 1.29 is 19.7 Å². The highest BCUT2D eigenvalue weighted by atomic mass is 17.2. The largest absolute Gasteiger partial charge is 0.368 e. The molecule has 4 heteroatoms. The SMILES string of the molecule is C=C(CC)C(=O)OOC(C)O. The topological polar surface area (TPSA) is 55.8 Å². The van der Waals surface area contributed by atoms with Gasteiger partial charge in [0.1, 0.15) is 0 Å². The van der Waals surface area contributed by atoms with Gasteiger partial charge in [-0.2, -0.15) is 4.89 Å². The first kappa shape index (κ1) is 10.1. The highest BCUT2D eigenvalue weighted by Crippen LogP contribution is 2.00. The first-order chi connectivity index (χ1) is 5.07. The van der Waals surface area contributed by atoms with Crippen LogP contribution in [-0.2, 0) is 14.6 Å². The third-order valence-electron chi connectivity index (χ3n) is 0.979. The molecule has 1 unspecified atom stereocenters. The number of hydrogen-bond donors (Lipinski definition) is 1. The maximum Gasteiger partial charge on any atom is 0.368 e. The van der Waals surface area contributed by atoms with Crippen LogP contribution in [0, 0.1) is 0 Å². The third-order valence-corrected chi connectivity index (χ3v) is 0.979. The Balaban J connectivity index is 3.61. The Morgan fingerprint density at radius 3 is 2.64 bits per heavy atom. The van der Waals surface area contributed by atoms with Crippen LogP contribution >= 0.6 is 0 Å². The molecule has 0 bridgehead atoms. The van der Waals surface area contributed by atoms with Gasteiger partial charge in [0.2, 0.25) is 0 Å².